The van der Waals surface area contributed by atoms with E-state index in [0.29, 0.717) is 23.7 Å². The Labute approximate surface area is 152 Å². The van der Waals surface area contributed by atoms with E-state index < -0.39 is 0 Å². The molecule has 8 saturated carbocycles. The third-order valence-corrected chi connectivity index (χ3v) is 9.86. The number of esters is 1. The summed E-state index contributed by atoms with van der Waals surface area (Å²) >= 11 is 0. The maximum atomic E-state index is 13.5. The lowest BCUT2D eigenvalue weighted by Crippen LogP contribution is -2.60. The molecule has 0 N–H and O–H groups in total. The van der Waals surface area contributed by atoms with E-state index >= 15 is 0 Å². The molecule has 8 bridgehead atoms. The molecule has 8 fully saturated rings. The lowest BCUT2D eigenvalue weighted by atomic mass is 9.49. The van der Waals surface area contributed by atoms with E-state index in [-0.39, 0.29) is 17.5 Å². The van der Waals surface area contributed by atoms with Gasteiger partial charge in [-0.25, -0.2) is 0 Å². The molecule has 0 unspecified atom stereocenters. The van der Waals surface area contributed by atoms with Crippen molar-refractivity contribution in [2.24, 2.45) is 53.3 Å². The molecule has 0 atom stereocenters. The Hall–Kier alpha value is -0.530. The number of hydrogen-bond donors (Lipinski definition) is 0. The molecular weight excluding hydrogens is 308 g/mol. The summed E-state index contributed by atoms with van der Waals surface area (Å²) in [5.74, 6) is 6.94. The van der Waals surface area contributed by atoms with E-state index in [1.807, 2.05) is 0 Å². The highest BCUT2D eigenvalue weighted by atomic mass is 16.6. The Morgan fingerprint density at radius 2 is 1.20 bits per heavy atom. The second kappa shape index (κ2) is 5.26. The lowest BCUT2D eigenvalue weighted by molar-refractivity contribution is -0.221. The van der Waals surface area contributed by atoms with Gasteiger partial charge in [-0.15, -0.1) is 0 Å². The molecule has 0 aromatic heterocycles. The van der Waals surface area contributed by atoms with Crippen LogP contribution in [0, 0.1) is 53.3 Å². The normalized spacial score (nSPS) is 57.9. The maximum absolute atomic E-state index is 13.5. The quantitative estimate of drug-likeness (QED) is 0.658. The first kappa shape index (κ1) is 15.5. The minimum absolute atomic E-state index is 0.0842. The van der Waals surface area contributed by atoms with Crippen molar-refractivity contribution in [2.45, 2.75) is 83.2 Å². The fourth-order valence-electron chi connectivity index (χ4n) is 9.36. The predicted octanol–water partition coefficient (Wildman–Crippen LogP) is 5.21. The largest absolute Gasteiger partial charge is 0.458 e. The number of carbonyl (C=O) groups is 1. The van der Waals surface area contributed by atoms with Gasteiger partial charge in [0.15, 0.2) is 0 Å². The molecule has 0 aromatic carbocycles. The van der Waals surface area contributed by atoms with E-state index in [1.165, 1.54) is 64.2 Å². The van der Waals surface area contributed by atoms with Gasteiger partial charge in [-0.2, -0.15) is 0 Å². The first-order valence-electron chi connectivity index (χ1n) is 11.4. The molecule has 0 spiro atoms. The first-order chi connectivity index (χ1) is 12.1. The van der Waals surface area contributed by atoms with E-state index in [9.17, 15) is 4.79 Å². The summed E-state index contributed by atoms with van der Waals surface area (Å²) in [6, 6.07) is 0. The Kier molecular flexibility index (Phi) is 3.26. The zero-order valence-corrected chi connectivity index (χ0v) is 15.8. The van der Waals surface area contributed by atoms with Gasteiger partial charge in [0.2, 0.25) is 0 Å². The Morgan fingerprint density at radius 1 is 0.760 bits per heavy atom. The summed E-state index contributed by atoms with van der Waals surface area (Å²) < 4.78 is 6.65. The summed E-state index contributed by atoms with van der Waals surface area (Å²) in [6.07, 6.45) is 14.6. The molecule has 0 heterocycles. The molecule has 0 radical (unpaired) electrons. The van der Waals surface area contributed by atoms with Crippen molar-refractivity contribution >= 4 is 5.97 Å². The molecule has 2 nitrogen and oxygen atoms in total. The summed E-state index contributed by atoms with van der Waals surface area (Å²) in [6.45, 7) is 2.30. The number of hydrogen-bond acceptors (Lipinski definition) is 2. The lowest BCUT2D eigenvalue weighted by Gasteiger charge is -2.61. The van der Waals surface area contributed by atoms with Crippen molar-refractivity contribution in [3.63, 3.8) is 0 Å². The van der Waals surface area contributed by atoms with Gasteiger partial charge in [-0.3, -0.25) is 4.79 Å². The van der Waals surface area contributed by atoms with Gasteiger partial charge in [0, 0.05) is 0 Å². The number of carbonyl (C=O) groups excluding carboxylic acids is 1. The Bertz CT molecular complexity index is 523. The zero-order valence-electron chi connectivity index (χ0n) is 15.8. The van der Waals surface area contributed by atoms with Crippen LogP contribution in [0.25, 0.3) is 0 Å². The molecular formula is C23H34O2. The molecule has 8 aliphatic rings. The van der Waals surface area contributed by atoms with Crippen LogP contribution in [0.3, 0.4) is 0 Å². The highest BCUT2D eigenvalue weighted by Gasteiger charge is 2.60. The van der Waals surface area contributed by atoms with E-state index in [0.717, 1.165) is 30.1 Å². The third kappa shape index (κ3) is 2.12. The standard InChI is InChI=1S/C23H34O2/c1-2-23(19-9-15-4-16(11-19)12-20(23)10-15)25-22(24)21-17-5-13-3-14(7-17)8-18(21)6-13/h13-21H,2-12H2,1H3. The van der Waals surface area contributed by atoms with Crippen molar-refractivity contribution in [3.05, 3.63) is 0 Å². The average molecular weight is 343 g/mol. The third-order valence-electron chi connectivity index (χ3n) is 9.86. The first-order valence-corrected chi connectivity index (χ1v) is 11.4. The van der Waals surface area contributed by atoms with Crippen molar-refractivity contribution in [1.82, 2.24) is 0 Å². The highest BCUT2D eigenvalue weighted by Crippen LogP contribution is 2.62. The fraction of sp³-hybridized carbons (Fsp3) is 0.957. The molecule has 8 aliphatic carbocycles. The van der Waals surface area contributed by atoms with Gasteiger partial charge in [0.05, 0.1) is 5.92 Å². The van der Waals surface area contributed by atoms with Crippen LogP contribution in [0.15, 0.2) is 0 Å². The summed E-state index contributed by atoms with van der Waals surface area (Å²) in [4.78, 5) is 13.5. The molecule has 0 aromatic rings. The molecule has 0 amide bonds. The minimum Gasteiger partial charge on any atom is -0.458 e. The average Bonchev–Trinajstić information content (AvgIpc) is 2.56. The van der Waals surface area contributed by atoms with Crippen LogP contribution in [0.5, 0.6) is 0 Å². The van der Waals surface area contributed by atoms with Crippen LogP contribution in [0.4, 0.5) is 0 Å². The monoisotopic (exact) mass is 342 g/mol. The van der Waals surface area contributed by atoms with Crippen molar-refractivity contribution in [1.29, 1.82) is 0 Å². The van der Waals surface area contributed by atoms with E-state index in [2.05, 4.69) is 6.92 Å². The van der Waals surface area contributed by atoms with Crippen LogP contribution < -0.4 is 0 Å². The summed E-state index contributed by atoms with van der Waals surface area (Å²) in [7, 11) is 0. The van der Waals surface area contributed by atoms with Crippen LogP contribution in [0.2, 0.25) is 0 Å². The van der Waals surface area contributed by atoms with Crippen LogP contribution >= 0.6 is 0 Å². The second-order valence-corrected chi connectivity index (χ2v) is 11.0. The molecule has 0 aliphatic heterocycles. The van der Waals surface area contributed by atoms with Gasteiger partial charge >= 0.3 is 5.97 Å². The molecule has 8 rings (SSSR count). The van der Waals surface area contributed by atoms with Gasteiger partial charge in [0.1, 0.15) is 5.60 Å². The maximum Gasteiger partial charge on any atom is 0.310 e. The highest BCUT2D eigenvalue weighted by molar-refractivity contribution is 5.74. The van der Waals surface area contributed by atoms with Gasteiger partial charge in [-0.05, 0) is 118 Å². The van der Waals surface area contributed by atoms with Crippen molar-refractivity contribution in [2.75, 3.05) is 0 Å². The van der Waals surface area contributed by atoms with Gasteiger partial charge in [-0.1, -0.05) is 6.92 Å². The minimum atomic E-state index is -0.0842. The van der Waals surface area contributed by atoms with E-state index in [1.54, 1.807) is 0 Å². The van der Waals surface area contributed by atoms with Crippen molar-refractivity contribution in [3.8, 4) is 0 Å². The fourth-order valence-corrected chi connectivity index (χ4v) is 9.36. The van der Waals surface area contributed by atoms with Crippen LogP contribution in [0.1, 0.15) is 77.6 Å². The van der Waals surface area contributed by atoms with Crippen molar-refractivity contribution < 1.29 is 9.53 Å². The smallest absolute Gasteiger partial charge is 0.310 e. The van der Waals surface area contributed by atoms with Gasteiger partial charge in [0.25, 0.3) is 0 Å². The number of ether oxygens (including phenoxy) is 1. The van der Waals surface area contributed by atoms with Crippen LogP contribution in [-0.4, -0.2) is 11.6 Å². The van der Waals surface area contributed by atoms with Gasteiger partial charge < -0.3 is 4.74 Å². The molecule has 2 heteroatoms. The topological polar surface area (TPSA) is 26.3 Å². The Morgan fingerprint density at radius 3 is 1.64 bits per heavy atom. The van der Waals surface area contributed by atoms with E-state index in [4.69, 9.17) is 4.74 Å². The second-order valence-electron chi connectivity index (χ2n) is 11.0. The molecule has 138 valence electrons. The predicted molar refractivity (Wildman–Crippen MR) is 96.7 cm³/mol. The SMILES string of the molecule is CCC1(OC(=O)C2C3CC4CC(C3)CC2C4)C2CC3CC(C2)CC1C3. The Balaban J connectivity index is 1.26. The zero-order chi connectivity index (χ0) is 16.8. The number of rotatable bonds is 3. The molecule has 0 saturated heterocycles. The summed E-state index contributed by atoms with van der Waals surface area (Å²) in [5.41, 5.74) is -0.0842. The molecule has 25 heavy (non-hydrogen) atoms. The summed E-state index contributed by atoms with van der Waals surface area (Å²) in [5, 5.41) is 0. The van der Waals surface area contributed by atoms with Crippen LogP contribution in [-0.2, 0) is 9.53 Å².